The zero-order chi connectivity index (χ0) is 18.8. The van der Waals surface area contributed by atoms with Crippen LogP contribution in [-0.4, -0.2) is 30.3 Å². The number of carbonyl (C=O) groups excluding carboxylic acids is 3. The SMILES string of the molecule is NC(=O)c1ccc(C(=O)NC2CC(=O)N(c3ccc(Cl)c(F)c3)C2)cc1. The van der Waals surface area contributed by atoms with Gasteiger partial charge in [-0.2, -0.15) is 0 Å². The number of rotatable bonds is 4. The highest BCUT2D eigenvalue weighted by molar-refractivity contribution is 6.30. The molecule has 0 saturated carbocycles. The molecule has 0 aromatic heterocycles. The molecule has 8 heteroatoms. The van der Waals surface area contributed by atoms with Crippen LogP contribution in [-0.2, 0) is 4.79 Å². The molecule has 1 unspecified atom stereocenters. The summed E-state index contributed by atoms with van der Waals surface area (Å²) >= 11 is 5.66. The van der Waals surface area contributed by atoms with Crippen LogP contribution in [0.1, 0.15) is 27.1 Å². The third-order valence-corrected chi connectivity index (χ3v) is 4.41. The summed E-state index contributed by atoms with van der Waals surface area (Å²) < 4.78 is 13.6. The molecular weight excluding hydrogens is 361 g/mol. The largest absolute Gasteiger partial charge is 0.366 e. The Balaban J connectivity index is 1.67. The molecule has 1 aliphatic heterocycles. The molecule has 0 radical (unpaired) electrons. The molecule has 134 valence electrons. The van der Waals surface area contributed by atoms with Crippen molar-refractivity contribution in [2.75, 3.05) is 11.4 Å². The van der Waals surface area contributed by atoms with Crippen molar-refractivity contribution < 1.29 is 18.8 Å². The summed E-state index contributed by atoms with van der Waals surface area (Å²) in [6.07, 6.45) is 0.107. The number of hydrogen-bond donors (Lipinski definition) is 2. The van der Waals surface area contributed by atoms with E-state index in [1.165, 1.54) is 41.3 Å². The Morgan fingerprint density at radius 1 is 1.15 bits per heavy atom. The summed E-state index contributed by atoms with van der Waals surface area (Å²) in [5, 5.41) is 2.74. The Hall–Kier alpha value is -2.93. The molecule has 0 aliphatic carbocycles. The molecule has 0 spiro atoms. The fourth-order valence-electron chi connectivity index (χ4n) is 2.76. The molecule has 1 fully saturated rings. The Bertz CT molecular complexity index is 886. The Labute approximate surface area is 153 Å². The minimum atomic E-state index is -0.612. The first-order valence-electron chi connectivity index (χ1n) is 7.81. The van der Waals surface area contributed by atoms with Gasteiger partial charge in [0, 0.05) is 29.8 Å². The monoisotopic (exact) mass is 375 g/mol. The molecule has 3 rings (SSSR count). The third-order valence-electron chi connectivity index (χ3n) is 4.11. The molecule has 6 nitrogen and oxygen atoms in total. The van der Waals surface area contributed by atoms with Crippen LogP contribution in [0.25, 0.3) is 0 Å². The number of nitrogens with one attached hydrogen (secondary N) is 1. The highest BCUT2D eigenvalue weighted by Gasteiger charge is 2.32. The number of amides is 3. The first-order valence-corrected chi connectivity index (χ1v) is 8.19. The van der Waals surface area contributed by atoms with E-state index < -0.39 is 17.8 Å². The number of anilines is 1. The summed E-state index contributed by atoms with van der Waals surface area (Å²) in [6.45, 7) is 0.227. The van der Waals surface area contributed by atoms with Crippen molar-refractivity contribution in [1.29, 1.82) is 0 Å². The molecule has 1 atom stereocenters. The van der Waals surface area contributed by atoms with Crippen molar-refractivity contribution >= 4 is 35.0 Å². The molecule has 3 amide bonds. The molecular formula is C18H15ClFN3O3. The van der Waals surface area contributed by atoms with Gasteiger partial charge in [-0.3, -0.25) is 14.4 Å². The predicted molar refractivity (Wildman–Crippen MR) is 94.6 cm³/mol. The van der Waals surface area contributed by atoms with Gasteiger partial charge in [0.25, 0.3) is 5.91 Å². The lowest BCUT2D eigenvalue weighted by Gasteiger charge is -2.17. The van der Waals surface area contributed by atoms with Crippen molar-refractivity contribution in [3.63, 3.8) is 0 Å². The van der Waals surface area contributed by atoms with Crippen LogP contribution in [0.3, 0.4) is 0 Å². The molecule has 26 heavy (non-hydrogen) atoms. The summed E-state index contributed by atoms with van der Waals surface area (Å²) in [7, 11) is 0. The van der Waals surface area contributed by atoms with Gasteiger partial charge in [-0.15, -0.1) is 0 Å². The van der Waals surface area contributed by atoms with Crippen molar-refractivity contribution in [1.82, 2.24) is 5.32 Å². The van der Waals surface area contributed by atoms with E-state index in [1.54, 1.807) is 6.07 Å². The second kappa shape index (κ2) is 7.13. The van der Waals surface area contributed by atoms with Crippen molar-refractivity contribution in [2.24, 2.45) is 5.73 Å². The maximum Gasteiger partial charge on any atom is 0.251 e. The average Bonchev–Trinajstić information content (AvgIpc) is 2.97. The van der Waals surface area contributed by atoms with Crippen LogP contribution in [0.5, 0.6) is 0 Å². The smallest absolute Gasteiger partial charge is 0.251 e. The molecule has 1 heterocycles. The van der Waals surface area contributed by atoms with E-state index in [1.807, 2.05) is 0 Å². The summed E-state index contributed by atoms with van der Waals surface area (Å²) in [6, 6.07) is 9.59. The third kappa shape index (κ3) is 3.67. The molecule has 3 N–H and O–H groups in total. The van der Waals surface area contributed by atoms with Gasteiger partial charge < -0.3 is 16.0 Å². The Morgan fingerprint density at radius 3 is 2.42 bits per heavy atom. The second-order valence-corrected chi connectivity index (χ2v) is 6.33. The number of carbonyl (C=O) groups is 3. The number of primary amides is 1. The highest BCUT2D eigenvalue weighted by Crippen LogP contribution is 2.26. The number of nitrogens with zero attached hydrogens (tertiary/aromatic N) is 1. The highest BCUT2D eigenvalue weighted by atomic mass is 35.5. The molecule has 1 aliphatic rings. The Kier molecular flexibility index (Phi) is 4.90. The maximum absolute atomic E-state index is 13.6. The normalized spacial score (nSPS) is 16.6. The van der Waals surface area contributed by atoms with E-state index >= 15 is 0 Å². The zero-order valence-corrected chi connectivity index (χ0v) is 14.3. The van der Waals surface area contributed by atoms with E-state index in [0.29, 0.717) is 16.8 Å². The minimum Gasteiger partial charge on any atom is -0.366 e. The van der Waals surface area contributed by atoms with Crippen LogP contribution in [0, 0.1) is 5.82 Å². The fourth-order valence-corrected chi connectivity index (χ4v) is 2.88. The number of hydrogen-bond acceptors (Lipinski definition) is 3. The van der Waals surface area contributed by atoms with Gasteiger partial charge >= 0.3 is 0 Å². The maximum atomic E-state index is 13.6. The summed E-state index contributed by atoms with van der Waals surface area (Å²) in [5.74, 6) is -1.78. The number of halogens is 2. The van der Waals surface area contributed by atoms with E-state index in [2.05, 4.69) is 5.32 Å². The van der Waals surface area contributed by atoms with Gasteiger partial charge in [-0.1, -0.05) is 11.6 Å². The second-order valence-electron chi connectivity index (χ2n) is 5.92. The molecule has 0 bridgehead atoms. The standard InChI is InChI=1S/C18H15ClFN3O3/c19-14-6-5-13(8-15(14)20)23-9-12(7-16(23)24)22-18(26)11-3-1-10(2-4-11)17(21)25/h1-6,8,12H,7,9H2,(H2,21,25)(H,22,26). The van der Waals surface area contributed by atoms with Gasteiger partial charge in [0.1, 0.15) is 5.82 Å². The van der Waals surface area contributed by atoms with Gasteiger partial charge in [-0.05, 0) is 42.5 Å². The summed E-state index contributed by atoms with van der Waals surface area (Å²) in [4.78, 5) is 36.9. The zero-order valence-electron chi connectivity index (χ0n) is 13.5. The lowest BCUT2D eigenvalue weighted by Crippen LogP contribution is -2.37. The van der Waals surface area contributed by atoms with Gasteiger partial charge in [0.05, 0.1) is 11.1 Å². The van der Waals surface area contributed by atoms with Crippen LogP contribution in [0.4, 0.5) is 10.1 Å². The minimum absolute atomic E-state index is 0.0235. The predicted octanol–water partition coefficient (Wildman–Crippen LogP) is 2.11. The lowest BCUT2D eigenvalue weighted by atomic mass is 10.1. The molecule has 1 saturated heterocycles. The number of benzene rings is 2. The van der Waals surface area contributed by atoms with E-state index in [0.717, 1.165) is 0 Å². The van der Waals surface area contributed by atoms with E-state index in [9.17, 15) is 18.8 Å². The molecule has 2 aromatic carbocycles. The lowest BCUT2D eigenvalue weighted by molar-refractivity contribution is -0.117. The summed E-state index contributed by atoms with van der Waals surface area (Å²) in [5.41, 5.74) is 6.19. The Morgan fingerprint density at radius 2 is 1.81 bits per heavy atom. The van der Waals surface area contributed by atoms with Crippen LogP contribution < -0.4 is 16.0 Å². The van der Waals surface area contributed by atoms with Crippen molar-refractivity contribution in [3.8, 4) is 0 Å². The number of nitrogens with two attached hydrogens (primary N) is 1. The van der Waals surface area contributed by atoms with Crippen molar-refractivity contribution in [3.05, 3.63) is 64.4 Å². The molecule has 2 aromatic rings. The van der Waals surface area contributed by atoms with Gasteiger partial charge in [0.15, 0.2) is 0 Å². The van der Waals surface area contributed by atoms with Gasteiger partial charge in [0.2, 0.25) is 11.8 Å². The van der Waals surface area contributed by atoms with Crippen LogP contribution in [0.15, 0.2) is 42.5 Å². The van der Waals surface area contributed by atoms with Crippen molar-refractivity contribution in [2.45, 2.75) is 12.5 Å². The quantitative estimate of drug-likeness (QED) is 0.857. The van der Waals surface area contributed by atoms with Crippen LogP contribution >= 0.6 is 11.6 Å². The van der Waals surface area contributed by atoms with E-state index in [-0.39, 0.29) is 29.8 Å². The topological polar surface area (TPSA) is 92.5 Å². The van der Waals surface area contributed by atoms with Crippen LogP contribution in [0.2, 0.25) is 5.02 Å². The average molecular weight is 376 g/mol. The van der Waals surface area contributed by atoms with E-state index in [4.69, 9.17) is 17.3 Å². The fraction of sp³-hybridized carbons (Fsp3) is 0.167. The van der Waals surface area contributed by atoms with Gasteiger partial charge in [-0.25, -0.2) is 4.39 Å². The first kappa shape index (κ1) is 17.9. The first-order chi connectivity index (χ1) is 12.3.